The van der Waals surface area contributed by atoms with Gasteiger partial charge < -0.3 is 4.90 Å². The molecule has 6 nitrogen and oxygen atoms in total. The third-order valence-electron chi connectivity index (χ3n) is 6.87. The van der Waals surface area contributed by atoms with E-state index in [0.717, 1.165) is 55.7 Å². The quantitative estimate of drug-likeness (QED) is 0.373. The number of thioether (sulfide) groups is 1. The number of nitriles is 1. The largest absolute Gasteiger partial charge is 0.357 e. The number of carbonyl (C=O) groups is 1. The molecule has 0 bridgehead atoms. The average molecular weight is 521 g/mol. The first kappa shape index (κ1) is 26.2. The van der Waals surface area contributed by atoms with E-state index in [1.165, 1.54) is 11.8 Å². The Hall–Kier alpha value is -2.89. The highest BCUT2D eigenvalue weighted by molar-refractivity contribution is 8.26. The van der Waals surface area contributed by atoms with Crippen molar-refractivity contribution >= 4 is 46.1 Å². The molecule has 0 saturated carbocycles. The van der Waals surface area contributed by atoms with E-state index in [9.17, 15) is 14.9 Å². The molecule has 2 aliphatic heterocycles. The molecule has 3 heterocycles. The van der Waals surface area contributed by atoms with Crippen molar-refractivity contribution in [2.45, 2.75) is 53.0 Å². The van der Waals surface area contributed by atoms with Gasteiger partial charge in [-0.2, -0.15) is 5.26 Å². The Labute approximate surface area is 222 Å². The topological polar surface area (TPSA) is 69.3 Å². The van der Waals surface area contributed by atoms with Crippen LogP contribution in [0.4, 0.5) is 5.82 Å². The number of piperidine rings is 1. The summed E-state index contributed by atoms with van der Waals surface area (Å²) in [5.41, 5.74) is 2.44. The van der Waals surface area contributed by atoms with Crippen LogP contribution < -0.4 is 10.5 Å². The summed E-state index contributed by atoms with van der Waals surface area (Å²) in [7, 11) is 0. The number of aromatic nitrogens is 1. The number of rotatable bonds is 7. The van der Waals surface area contributed by atoms with E-state index in [1.807, 2.05) is 50.3 Å². The maximum atomic E-state index is 13.4. The van der Waals surface area contributed by atoms with E-state index in [2.05, 4.69) is 17.9 Å². The molecule has 0 N–H and O–H groups in total. The smallest absolute Gasteiger partial charge is 0.270 e. The Balaban J connectivity index is 1.77. The van der Waals surface area contributed by atoms with Gasteiger partial charge >= 0.3 is 0 Å². The highest BCUT2D eigenvalue weighted by Crippen LogP contribution is 2.37. The normalized spacial score (nSPS) is 19.3. The zero-order chi connectivity index (χ0) is 25.8. The van der Waals surface area contributed by atoms with Gasteiger partial charge in [-0.3, -0.25) is 19.1 Å². The Morgan fingerprint density at radius 2 is 1.97 bits per heavy atom. The van der Waals surface area contributed by atoms with Crippen LogP contribution in [0.2, 0.25) is 0 Å². The predicted molar refractivity (Wildman–Crippen MR) is 151 cm³/mol. The summed E-state index contributed by atoms with van der Waals surface area (Å²) < 4.78 is 2.28. The van der Waals surface area contributed by atoms with Crippen molar-refractivity contribution in [3.8, 4) is 6.07 Å². The minimum atomic E-state index is -0.252. The van der Waals surface area contributed by atoms with Crippen molar-refractivity contribution in [2.75, 3.05) is 24.5 Å². The van der Waals surface area contributed by atoms with Crippen LogP contribution in [0.1, 0.15) is 55.4 Å². The van der Waals surface area contributed by atoms with Gasteiger partial charge in [-0.05, 0) is 55.7 Å². The Morgan fingerprint density at radius 1 is 1.22 bits per heavy atom. The van der Waals surface area contributed by atoms with Gasteiger partial charge in [0.2, 0.25) is 0 Å². The van der Waals surface area contributed by atoms with Crippen molar-refractivity contribution in [3.63, 3.8) is 0 Å². The van der Waals surface area contributed by atoms with Gasteiger partial charge in [-0.25, -0.2) is 0 Å². The van der Waals surface area contributed by atoms with E-state index in [0.29, 0.717) is 33.8 Å². The van der Waals surface area contributed by atoms with Gasteiger partial charge in [0.05, 0.1) is 4.91 Å². The van der Waals surface area contributed by atoms with Gasteiger partial charge in [0.25, 0.3) is 11.5 Å². The first-order chi connectivity index (χ1) is 17.3. The van der Waals surface area contributed by atoms with Crippen LogP contribution in [0.3, 0.4) is 0 Å². The molecular formula is C28H32N4O2S2. The summed E-state index contributed by atoms with van der Waals surface area (Å²) in [4.78, 5) is 31.2. The summed E-state index contributed by atoms with van der Waals surface area (Å²) in [6.07, 6.45) is 5.54. The molecule has 1 aromatic heterocycles. The SMILES string of the molecule is CCCn1c(N2CCCC(C)C2)c(/C=C2/SC(=S)N(CCc3ccccc3)C2=O)c(C)c(C#N)c1=O. The summed E-state index contributed by atoms with van der Waals surface area (Å²) in [5.74, 6) is 1.20. The molecule has 8 heteroatoms. The second-order valence-corrected chi connectivity index (χ2v) is 11.2. The minimum absolute atomic E-state index is 0.120. The first-order valence-corrected chi connectivity index (χ1v) is 13.8. The number of anilines is 1. The zero-order valence-corrected chi connectivity index (χ0v) is 22.8. The van der Waals surface area contributed by atoms with Crippen LogP contribution in [-0.2, 0) is 17.8 Å². The van der Waals surface area contributed by atoms with Crippen LogP contribution in [0.15, 0.2) is 40.0 Å². The first-order valence-electron chi connectivity index (χ1n) is 12.6. The molecule has 4 rings (SSSR count). The molecule has 2 aliphatic rings. The molecule has 1 amide bonds. The predicted octanol–water partition coefficient (Wildman–Crippen LogP) is 5.12. The fraction of sp³-hybridized carbons (Fsp3) is 0.429. The number of nitrogens with zero attached hydrogens (tertiary/aromatic N) is 4. The second-order valence-electron chi connectivity index (χ2n) is 9.57. The Morgan fingerprint density at radius 3 is 2.64 bits per heavy atom. The van der Waals surface area contributed by atoms with Crippen molar-refractivity contribution < 1.29 is 4.79 Å². The van der Waals surface area contributed by atoms with E-state index in [-0.39, 0.29) is 17.0 Å². The molecule has 0 aliphatic carbocycles. The van der Waals surface area contributed by atoms with E-state index in [1.54, 1.807) is 9.47 Å². The van der Waals surface area contributed by atoms with E-state index >= 15 is 0 Å². The molecule has 2 aromatic rings. The van der Waals surface area contributed by atoms with E-state index < -0.39 is 0 Å². The van der Waals surface area contributed by atoms with Gasteiger partial charge in [0.15, 0.2) is 0 Å². The summed E-state index contributed by atoms with van der Waals surface area (Å²) in [6, 6.07) is 12.2. The van der Waals surface area contributed by atoms with Gasteiger partial charge in [0.1, 0.15) is 21.8 Å². The van der Waals surface area contributed by atoms with Gasteiger partial charge in [-0.15, -0.1) is 0 Å². The Bertz CT molecular complexity index is 1290. The van der Waals surface area contributed by atoms with Crippen molar-refractivity contribution in [3.05, 3.63) is 67.8 Å². The molecule has 0 spiro atoms. The fourth-order valence-electron chi connectivity index (χ4n) is 5.01. The number of benzene rings is 1. The monoisotopic (exact) mass is 520 g/mol. The standard InChI is InChI=1S/C28H32N4O2S2/c1-4-13-31-25(30-14-8-9-19(2)18-30)22(20(3)23(17-29)26(31)33)16-24-27(34)32(28(35)36-24)15-12-21-10-6-5-7-11-21/h5-7,10-11,16,19H,4,8-9,12-15,18H2,1-3H3/b24-16+. The van der Waals surface area contributed by atoms with Crippen LogP contribution >= 0.6 is 24.0 Å². The molecule has 188 valence electrons. The molecule has 2 fully saturated rings. The summed E-state index contributed by atoms with van der Waals surface area (Å²) in [5, 5.41) is 9.84. The van der Waals surface area contributed by atoms with Crippen LogP contribution in [0.25, 0.3) is 6.08 Å². The molecule has 2 saturated heterocycles. The lowest BCUT2D eigenvalue weighted by Crippen LogP contribution is -2.40. The van der Waals surface area contributed by atoms with Gasteiger partial charge in [-0.1, -0.05) is 68.2 Å². The highest BCUT2D eigenvalue weighted by atomic mass is 32.2. The summed E-state index contributed by atoms with van der Waals surface area (Å²) >= 11 is 6.87. The van der Waals surface area contributed by atoms with Crippen molar-refractivity contribution in [1.29, 1.82) is 5.26 Å². The lowest BCUT2D eigenvalue weighted by molar-refractivity contribution is -0.122. The number of thiocarbonyl (C=S) groups is 1. The maximum Gasteiger partial charge on any atom is 0.270 e. The second kappa shape index (κ2) is 11.4. The van der Waals surface area contributed by atoms with Crippen LogP contribution in [0, 0.1) is 24.2 Å². The summed E-state index contributed by atoms with van der Waals surface area (Å²) in [6.45, 7) is 8.79. The number of carbonyl (C=O) groups excluding carboxylic acids is 1. The average Bonchev–Trinajstić information content (AvgIpc) is 3.13. The molecular weight excluding hydrogens is 488 g/mol. The minimum Gasteiger partial charge on any atom is -0.357 e. The van der Waals surface area contributed by atoms with Crippen molar-refractivity contribution in [1.82, 2.24) is 9.47 Å². The number of hydrogen-bond donors (Lipinski definition) is 0. The third kappa shape index (κ3) is 5.28. The van der Waals surface area contributed by atoms with E-state index in [4.69, 9.17) is 12.2 Å². The highest BCUT2D eigenvalue weighted by Gasteiger charge is 2.33. The third-order valence-corrected chi connectivity index (χ3v) is 8.24. The number of amides is 1. The molecule has 36 heavy (non-hydrogen) atoms. The van der Waals surface area contributed by atoms with Crippen LogP contribution in [-0.4, -0.2) is 39.3 Å². The van der Waals surface area contributed by atoms with Gasteiger partial charge in [0, 0.05) is 31.7 Å². The molecule has 0 radical (unpaired) electrons. The lowest BCUT2D eigenvalue weighted by atomic mass is 9.98. The molecule has 1 atom stereocenters. The Kier molecular flexibility index (Phi) is 8.32. The zero-order valence-electron chi connectivity index (χ0n) is 21.1. The lowest BCUT2D eigenvalue weighted by Gasteiger charge is -2.36. The molecule has 1 aromatic carbocycles. The molecule has 1 unspecified atom stereocenters. The van der Waals surface area contributed by atoms with Crippen molar-refractivity contribution in [2.24, 2.45) is 5.92 Å². The fourth-order valence-corrected chi connectivity index (χ4v) is 6.30. The number of hydrogen-bond acceptors (Lipinski definition) is 6. The number of pyridine rings is 1. The van der Waals surface area contributed by atoms with Crippen LogP contribution in [0.5, 0.6) is 0 Å². The maximum absolute atomic E-state index is 13.4.